The van der Waals surface area contributed by atoms with E-state index in [1.165, 1.54) is 6.92 Å². The summed E-state index contributed by atoms with van der Waals surface area (Å²) in [7, 11) is 0. The van der Waals surface area contributed by atoms with Gasteiger partial charge in [-0.15, -0.1) is 0 Å². The van der Waals surface area contributed by atoms with Crippen LogP contribution in [0.4, 0.5) is 0 Å². The smallest absolute Gasteiger partial charge is 0.302 e. The SMILES string of the molecule is CC(=O)OCCC/C(N=C(N)C1(c2ccc(Cl)cc2)CC1)=C(/N)c1ccccc1Cl. The van der Waals surface area contributed by atoms with Crippen LogP contribution in [-0.4, -0.2) is 18.4 Å². The van der Waals surface area contributed by atoms with Crippen LogP contribution in [0.15, 0.2) is 59.2 Å². The second-order valence-corrected chi connectivity index (χ2v) is 8.21. The Morgan fingerprint density at radius 1 is 1.10 bits per heavy atom. The molecule has 3 rings (SSSR count). The number of benzene rings is 2. The lowest BCUT2D eigenvalue weighted by Crippen LogP contribution is -2.29. The van der Waals surface area contributed by atoms with E-state index in [0.717, 1.165) is 18.4 Å². The van der Waals surface area contributed by atoms with Crippen molar-refractivity contribution in [3.8, 4) is 0 Å². The number of carbonyl (C=O) groups excluding carboxylic acids is 1. The summed E-state index contributed by atoms with van der Waals surface area (Å²) in [6, 6.07) is 15.0. The second kappa shape index (κ2) is 9.54. The number of carbonyl (C=O) groups is 1. The number of hydrogen-bond donors (Lipinski definition) is 2. The molecular formula is C23H25Cl2N3O2. The van der Waals surface area contributed by atoms with Gasteiger partial charge in [0, 0.05) is 22.5 Å². The molecule has 1 saturated carbocycles. The second-order valence-electron chi connectivity index (χ2n) is 7.37. The van der Waals surface area contributed by atoms with Crippen LogP contribution in [0, 0.1) is 0 Å². The Bertz CT molecular complexity index is 980. The Labute approximate surface area is 186 Å². The highest BCUT2D eigenvalue weighted by Crippen LogP contribution is 2.49. The first kappa shape index (κ1) is 22.2. The van der Waals surface area contributed by atoms with E-state index >= 15 is 0 Å². The quantitative estimate of drug-likeness (QED) is 0.257. The molecule has 0 unspecified atom stereocenters. The topological polar surface area (TPSA) is 90.7 Å². The van der Waals surface area contributed by atoms with Crippen molar-refractivity contribution in [2.75, 3.05) is 6.61 Å². The van der Waals surface area contributed by atoms with Crippen molar-refractivity contribution in [2.24, 2.45) is 16.5 Å². The number of ether oxygens (including phenoxy) is 1. The van der Waals surface area contributed by atoms with Gasteiger partial charge in [0.1, 0.15) is 5.84 Å². The Kier molecular flexibility index (Phi) is 7.06. The number of hydrogen-bond acceptors (Lipinski definition) is 4. The first-order valence-electron chi connectivity index (χ1n) is 9.81. The first-order chi connectivity index (χ1) is 14.3. The Balaban J connectivity index is 1.93. The molecular weight excluding hydrogens is 421 g/mol. The van der Waals surface area contributed by atoms with E-state index in [1.54, 1.807) is 6.07 Å². The number of esters is 1. The number of amidine groups is 1. The van der Waals surface area contributed by atoms with Crippen molar-refractivity contribution in [2.45, 2.75) is 38.0 Å². The van der Waals surface area contributed by atoms with Crippen molar-refractivity contribution >= 4 is 40.7 Å². The lowest BCUT2D eigenvalue weighted by Gasteiger charge is -2.17. The van der Waals surface area contributed by atoms with Crippen LogP contribution in [0.25, 0.3) is 5.70 Å². The zero-order valence-corrected chi connectivity index (χ0v) is 18.3. The molecule has 0 spiro atoms. The van der Waals surface area contributed by atoms with E-state index in [1.807, 2.05) is 42.5 Å². The zero-order chi connectivity index (χ0) is 21.7. The Hall–Kier alpha value is -2.50. The van der Waals surface area contributed by atoms with Crippen LogP contribution in [0.1, 0.15) is 43.7 Å². The van der Waals surface area contributed by atoms with Gasteiger partial charge in [0.25, 0.3) is 0 Å². The van der Waals surface area contributed by atoms with E-state index in [9.17, 15) is 4.79 Å². The maximum Gasteiger partial charge on any atom is 0.302 e. The fourth-order valence-corrected chi connectivity index (χ4v) is 3.74. The number of rotatable bonds is 8. The van der Waals surface area contributed by atoms with Gasteiger partial charge < -0.3 is 16.2 Å². The van der Waals surface area contributed by atoms with Crippen molar-refractivity contribution in [3.05, 3.63) is 75.4 Å². The van der Waals surface area contributed by atoms with Crippen LogP contribution in [0.2, 0.25) is 10.0 Å². The summed E-state index contributed by atoms with van der Waals surface area (Å²) < 4.78 is 5.05. The average molecular weight is 446 g/mol. The molecule has 0 aromatic heterocycles. The van der Waals surface area contributed by atoms with E-state index in [4.69, 9.17) is 44.4 Å². The van der Waals surface area contributed by atoms with E-state index in [2.05, 4.69) is 0 Å². The van der Waals surface area contributed by atoms with E-state index < -0.39 is 0 Å². The Morgan fingerprint density at radius 3 is 2.37 bits per heavy atom. The van der Waals surface area contributed by atoms with Crippen LogP contribution in [0.3, 0.4) is 0 Å². The lowest BCUT2D eigenvalue weighted by molar-refractivity contribution is -0.141. The highest BCUT2D eigenvalue weighted by atomic mass is 35.5. The maximum atomic E-state index is 11.1. The number of allylic oxidation sites excluding steroid dienone is 1. The number of aliphatic imine (C=N–C) groups is 1. The van der Waals surface area contributed by atoms with Crippen molar-refractivity contribution in [3.63, 3.8) is 0 Å². The molecule has 0 bridgehead atoms. The summed E-state index contributed by atoms with van der Waals surface area (Å²) in [5.41, 5.74) is 15.6. The van der Waals surface area contributed by atoms with Gasteiger partial charge in [-0.3, -0.25) is 4.79 Å². The van der Waals surface area contributed by atoms with Gasteiger partial charge in [-0.1, -0.05) is 53.5 Å². The van der Waals surface area contributed by atoms with Gasteiger partial charge in [0.15, 0.2) is 0 Å². The minimum absolute atomic E-state index is 0.284. The van der Waals surface area contributed by atoms with Gasteiger partial charge in [-0.05, 0) is 49.4 Å². The van der Waals surface area contributed by atoms with Gasteiger partial charge in [0.05, 0.1) is 23.4 Å². The highest BCUT2D eigenvalue weighted by molar-refractivity contribution is 6.32. The van der Waals surface area contributed by atoms with Gasteiger partial charge in [-0.2, -0.15) is 0 Å². The summed E-state index contributed by atoms with van der Waals surface area (Å²) in [5, 5.41) is 1.22. The molecule has 1 aliphatic carbocycles. The minimum atomic E-state index is -0.317. The molecule has 2 aromatic rings. The number of halogens is 2. The monoisotopic (exact) mass is 445 g/mol. The summed E-state index contributed by atoms with van der Waals surface area (Å²) in [5.74, 6) is 0.199. The molecule has 0 radical (unpaired) electrons. The van der Waals surface area contributed by atoms with Crippen molar-refractivity contribution < 1.29 is 9.53 Å². The third-order valence-electron chi connectivity index (χ3n) is 5.23. The molecule has 4 N–H and O–H groups in total. The first-order valence-corrected chi connectivity index (χ1v) is 10.6. The van der Waals surface area contributed by atoms with Crippen molar-refractivity contribution in [1.29, 1.82) is 0 Å². The highest BCUT2D eigenvalue weighted by Gasteiger charge is 2.48. The molecule has 5 nitrogen and oxygen atoms in total. The van der Waals surface area contributed by atoms with Crippen LogP contribution in [-0.2, 0) is 14.9 Å². The molecule has 0 aliphatic heterocycles. The molecule has 0 atom stereocenters. The maximum absolute atomic E-state index is 11.1. The molecule has 158 valence electrons. The minimum Gasteiger partial charge on any atom is -0.466 e. The third kappa shape index (κ3) is 5.15. The standard InChI is InChI=1S/C23H25Cl2N3O2/c1-15(29)30-14-4-7-20(21(26)18-5-2-3-6-19(18)25)28-22(27)23(12-13-23)16-8-10-17(24)11-9-16/h2-3,5-6,8-11H,4,7,12-14,26H2,1H3,(H2,27,28)/b21-20-. The molecule has 1 aliphatic rings. The van der Waals surface area contributed by atoms with Crippen LogP contribution >= 0.6 is 23.2 Å². The third-order valence-corrected chi connectivity index (χ3v) is 5.81. The molecule has 1 fully saturated rings. The largest absolute Gasteiger partial charge is 0.466 e. The molecule has 7 heteroatoms. The van der Waals surface area contributed by atoms with Gasteiger partial charge in [-0.25, -0.2) is 4.99 Å². The number of nitrogens with zero attached hydrogens (tertiary/aromatic N) is 1. The Morgan fingerprint density at radius 2 is 1.77 bits per heavy atom. The van der Waals surface area contributed by atoms with Crippen LogP contribution in [0.5, 0.6) is 0 Å². The molecule has 0 saturated heterocycles. The predicted molar refractivity (Wildman–Crippen MR) is 122 cm³/mol. The van der Waals surface area contributed by atoms with Gasteiger partial charge in [0.2, 0.25) is 0 Å². The average Bonchev–Trinajstić information content (AvgIpc) is 3.52. The molecule has 2 aromatic carbocycles. The van der Waals surface area contributed by atoms with Crippen LogP contribution < -0.4 is 11.5 Å². The fraction of sp³-hybridized carbons (Fsp3) is 0.304. The normalized spacial score (nSPS) is 16.0. The number of nitrogens with two attached hydrogens (primary N) is 2. The summed E-state index contributed by atoms with van der Waals surface area (Å²) in [4.78, 5) is 15.8. The zero-order valence-electron chi connectivity index (χ0n) is 16.8. The molecule has 30 heavy (non-hydrogen) atoms. The predicted octanol–water partition coefficient (Wildman–Crippen LogP) is 5.05. The molecule has 0 amide bonds. The van der Waals surface area contributed by atoms with Crippen molar-refractivity contribution in [1.82, 2.24) is 0 Å². The van der Waals surface area contributed by atoms with Gasteiger partial charge >= 0.3 is 5.97 Å². The summed E-state index contributed by atoms with van der Waals surface area (Å²) in [6.45, 7) is 1.67. The molecule has 0 heterocycles. The van der Waals surface area contributed by atoms with E-state index in [0.29, 0.717) is 45.7 Å². The van der Waals surface area contributed by atoms with E-state index in [-0.39, 0.29) is 18.0 Å². The summed E-state index contributed by atoms with van der Waals surface area (Å²) >= 11 is 12.4. The summed E-state index contributed by atoms with van der Waals surface area (Å²) in [6.07, 6.45) is 2.90. The fourth-order valence-electron chi connectivity index (χ4n) is 3.38. The lowest BCUT2D eigenvalue weighted by atomic mass is 9.94.